The third kappa shape index (κ3) is 2.18. The Bertz CT molecular complexity index is 612. The molecule has 0 heterocycles. The Hall–Kier alpha value is -1.32. The molecule has 4 aliphatic rings. The fraction of sp³-hybridized carbons (Fsp3) is 0.800. The smallest absolute Gasteiger partial charge is 0.404 e. The third-order valence-electron chi connectivity index (χ3n) is 8.13. The number of ketones is 1. The van der Waals surface area contributed by atoms with Crippen molar-refractivity contribution < 1.29 is 14.3 Å². The van der Waals surface area contributed by atoms with E-state index >= 15 is 0 Å². The highest BCUT2D eigenvalue weighted by atomic mass is 16.6. The van der Waals surface area contributed by atoms with Crippen LogP contribution in [0.2, 0.25) is 0 Å². The minimum Gasteiger partial charge on any atom is -0.446 e. The molecular weight excluding hydrogens is 302 g/mol. The van der Waals surface area contributed by atoms with Crippen LogP contribution in [0.25, 0.3) is 0 Å². The predicted molar refractivity (Wildman–Crippen MR) is 91.2 cm³/mol. The minimum atomic E-state index is -0.629. The van der Waals surface area contributed by atoms with Gasteiger partial charge in [0.15, 0.2) is 5.78 Å². The lowest BCUT2D eigenvalue weighted by Crippen LogP contribution is -2.51. The van der Waals surface area contributed by atoms with E-state index in [-0.39, 0.29) is 16.9 Å². The fourth-order valence-electron chi connectivity index (χ4n) is 6.85. The van der Waals surface area contributed by atoms with Gasteiger partial charge in [-0.05, 0) is 74.2 Å². The van der Waals surface area contributed by atoms with Crippen LogP contribution < -0.4 is 5.73 Å². The van der Waals surface area contributed by atoms with Crippen molar-refractivity contribution in [3.8, 4) is 0 Å². The lowest BCUT2D eigenvalue weighted by atomic mass is 9.47. The first-order valence-corrected chi connectivity index (χ1v) is 9.54. The predicted octanol–water partition coefficient (Wildman–Crippen LogP) is 3.98. The summed E-state index contributed by atoms with van der Waals surface area (Å²) >= 11 is 0. The number of rotatable bonds is 1. The van der Waals surface area contributed by atoms with E-state index in [0.29, 0.717) is 30.0 Å². The molecule has 0 aromatic carbocycles. The van der Waals surface area contributed by atoms with E-state index in [9.17, 15) is 9.59 Å². The molecule has 0 aromatic heterocycles. The second-order valence-corrected chi connectivity index (χ2v) is 9.02. The van der Waals surface area contributed by atoms with Gasteiger partial charge in [-0.15, -0.1) is 0 Å². The van der Waals surface area contributed by atoms with Crippen LogP contribution in [0.4, 0.5) is 4.79 Å². The highest BCUT2D eigenvalue weighted by Gasteiger charge is 2.59. The van der Waals surface area contributed by atoms with Crippen molar-refractivity contribution in [1.82, 2.24) is 0 Å². The summed E-state index contributed by atoms with van der Waals surface area (Å²) in [6.07, 6.45) is 9.67. The molecule has 4 heteroatoms. The van der Waals surface area contributed by atoms with Crippen molar-refractivity contribution in [2.75, 3.05) is 0 Å². The van der Waals surface area contributed by atoms with E-state index in [0.717, 1.165) is 32.1 Å². The van der Waals surface area contributed by atoms with Crippen LogP contribution in [0.3, 0.4) is 0 Å². The molecule has 0 radical (unpaired) electrons. The van der Waals surface area contributed by atoms with Gasteiger partial charge in [0.25, 0.3) is 0 Å². The lowest BCUT2D eigenvalue weighted by Gasteiger charge is -2.57. The van der Waals surface area contributed by atoms with E-state index in [1.54, 1.807) is 0 Å². The first-order valence-electron chi connectivity index (χ1n) is 9.54. The maximum atomic E-state index is 11.9. The van der Waals surface area contributed by atoms with Crippen molar-refractivity contribution in [1.29, 1.82) is 0 Å². The Labute approximate surface area is 144 Å². The topological polar surface area (TPSA) is 69.4 Å². The van der Waals surface area contributed by atoms with Gasteiger partial charge in [0.1, 0.15) is 6.10 Å². The normalized spacial score (nSPS) is 47.2. The monoisotopic (exact) mass is 331 g/mol. The minimum absolute atomic E-state index is 0.0152. The quantitative estimate of drug-likeness (QED) is 0.790. The standard InChI is InChI=1S/C20H29NO3/c1-19-9-7-13(22)11-12(19)3-4-14-15-5-6-17(24-18(21)23)20(15,2)10-8-16(14)19/h11,14-17H,3-10H2,1-2H3,(H2,21,23)/t14?,15?,16?,17-,19-,20-/m0/s1. The van der Waals surface area contributed by atoms with Crippen molar-refractivity contribution >= 4 is 11.9 Å². The first kappa shape index (κ1) is 16.2. The largest absolute Gasteiger partial charge is 0.446 e. The van der Waals surface area contributed by atoms with Crippen LogP contribution in [0.15, 0.2) is 11.6 Å². The molecular formula is C20H29NO3. The van der Waals surface area contributed by atoms with Gasteiger partial charge in [-0.25, -0.2) is 4.79 Å². The Morgan fingerprint density at radius 1 is 1.12 bits per heavy atom. The van der Waals surface area contributed by atoms with Gasteiger partial charge < -0.3 is 10.5 Å². The molecule has 0 spiro atoms. The van der Waals surface area contributed by atoms with Gasteiger partial charge in [0.2, 0.25) is 0 Å². The Kier molecular flexibility index (Phi) is 3.59. The zero-order chi connectivity index (χ0) is 17.1. The van der Waals surface area contributed by atoms with E-state index in [1.165, 1.54) is 18.4 Å². The molecule has 0 aliphatic heterocycles. The summed E-state index contributed by atoms with van der Waals surface area (Å²) in [5, 5.41) is 0. The maximum Gasteiger partial charge on any atom is 0.404 e. The molecule has 1 amide bonds. The first-order chi connectivity index (χ1) is 11.3. The van der Waals surface area contributed by atoms with E-state index in [2.05, 4.69) is 13.8 Å². The number of hydrogen-bond donors (Lipinski definition) is 1. The van der Waals surface area contributed by atoms with Crippen molar-refractivity contribution in [2.24, 2.45) is 34.3 Å². The summed E-state index contributed by atoms with van der Waals surface area (Å²) in [6.45, 7) is 4.71. The van der Waals surface area contributed by atoms with Gasteiger partial charge in [-0.3, -0.25) is 4.79 Å². The molecule has 132 valence electrons. The summed E-state index contributed by atoms with van der Waals surface area (Å²) in [4.78, 5) is 23.1. The molecule has 0 aromatic rings. The molecule has 2 N–H and O–H groups in total. The van der Waals surface area contributed by atoms with Crippen LogP contribution in [0.5, 0.6) is 0 Å². The summed E-state index contributed by atoms with van der Waals surface area (Å²) in [6, 6.07) is 0. The number of nitrogens with two attached hydrogens (primary N) is 1. The van der Waals surface area contributed by atoms with E-state index < -0.39 is 6.09 Å². The molecule has 24 heavy (non-hydrogen) atoms. The van der Waals surface area contributed by atoms with Crippen LogP contribution >= 0.6 is 0 Å². The molecule has 3 fully saturated rings. The maximum absolute atomic E-state index is 11.9. The second kappa shape index (κ2) is 5.34. The molecule has 0 saturated heterocycles. The summed E-state index contributed by atoms with van der Waals surface area (Å²) < 4.78 is 5.49. The number of carbonyl (C=O) groups excluding carboxylic acids is 2. The van der Waals surface area contributed by atoms with Crippen LogP contribution in [-0.4, -0.2) is 18.0 Å². The van der Waals surface area contributed by atoms with Crippen LogP contribution in [0.1, 0.15) is 65.2 Å². The highest BCUT2D eigenvalue weighted by molar-refractivity contribution is 5.91. The van der Waals surface area contributed by atoms with Gasteiger partial charge >= 0.3 is 6.09 Å². The summed E-state index contributed by atoms with van der Waals surface area (Å²) in [5.74, 6) is 2.31. The third-order valence-corrected chi connectivity index (χ3v) is 8.13. The number of allylic oxidation sites excluding steroid dienone is 1. The van der Waals surface area contributed by atoms with Gasteiger partial charge in [0.05, 0.1) is 0 Å². The van der Waals surface area contributed by atoms with Crippen molar-refractivity contribution in [3.63, 3.8) is 0 Å². The molecule has 4 aliphatic carbocycles. The SMILES string of the molecule is C[C@]12CCC(=O)C=C1CCC1C2CC[C@@]2(C)C1CC[C@@H]2OC(N)=O. The van der Waals surface area contributed by atoms with Gasteiger partial charge in [-0.2, -0.15) is 0 Å². The Morgan fingerprint density at radius 3 is 2.67 bits per heavy atom. The highest BCUT2D eigenvalue weighted by Crippen LogP contribution is 2.65. The number of primary amides is 1. The molecule has 6 atom stereocenters. The van der Waals surface area contributed by atoms with Crippen LogP contribution in [0, 0.1) is 28.6 Å². The van der Waals surface area contributed by atoms with Crippen molar-refractivity contribution in [3.05, 3.63) is 11.6 Å². The average Bonchev–Trinajstić information content (AvgIpc) is 2.84. The number of amides is 1. The summed E-state index contributed by atoms with van der Waals surface area (Å²) in [7, 11) is 0. The van der Waals surface area contributed by atoms with Gasteiger partial charge in [-0.1, -0.05) is 19.4 Å². The number of fused-ring (bicyclic) bond motifs is 5. The lowest BCUT2D eigenvalue weighted by molar-refractivity contribution is -0.118. The van der Waals surface area contributed by atoms with E-state index in [1.807, 2.05) is 6.08 Å². The molecule has 4 nitrogen and oxygen atoms in total. The zero-order valence-electron chi connectivity index (χ0n) is 14.8. The second-order valence-electron chi connectivity index (χ2n) is 9.02. The van der Waals surface area contributed by atoms with Gasteiger partial charge in [0, 0.05) is 11.8 Å². The molecule has 0 bridgehead atoms. The molecule has 3 saturated carbocycles. The van der Waals surface area contributed by atoms with E-state index in [4.69, 9.17) is 10.5 Å². The number of hydrogen-bond acceptors (Lipinski definition) is 3. The Morgan fingerprint density at radius 2 is 1.92 bits per heavy atom. The van der Waals surface area contributed by atoms with Crippen molar-refractivity contribution in [2.45, 2.75) is 71.3 Å². The molecule has 4 rings (SSSR count). The number of carbonyl (C=O) groups is 2. The zero-order valence-corrected chi connectivity index (χ0v) is 14.8. The number of ether oxygens (including phenoxy) is 1. The van der Waals surface area contributed by atoms with Crippen LogP contribution in [-0.2, 0) is 9.53 Å². The average molecular weight is 331 g/mol. The molecule has 3 unspecified atom stereocenters. The summed E-state index contributed by atoms with van der Waals surface area (Å²) in [5.41, 5.74) is 7.01. The fourth-order valence-corrected chi connectivity index (χ4v) is 6.85. The Balaban J connectivity index is 1.62.